The second kappa shape index (κ2) is 5.23. The summed E-state index contributed by atoms with van der Waals surface area (Å²) in [6.07, 6.45) is 1.99. The minimum atomic E-state index is 0.00801. The largest absolute Gasteiger partial charge is 0.496 e. The predicted molar refractivity (Wildman–Crippen MR) is 59.8 cm³/mol. The molecule has 0 bridgehead atoms. The quantitative estimate of drug-likeness (QED) is 0.834. The number of halogens is 1. The van der Waals surface area contributed by atoms with Gasteiger partial charge in [0.25, 0.3) is 0 Å². The first-order valence-corrected chi connectivity index (χ1v) is 5.15. The van der Waals surface area contributed by atoms with E-state index in [1.54, 1.807) is 7.11 Å². The van der Waals surface area contributed by atoms with Gasteiger partial charge in [-0.1, -0.05) is 24.9 Å². The summed E-state index contributed by atoms with van der Waals surface area (Å²) in [5, 5.41) is 0.701. The van der Waals surface area contributed by atoms with Gasteiger partial charge >= 0.3 is 0 Å². The lowest BCUT2D eigenvalue weighted by atomic mass is 10.0. The van der Waals surface area contributed by atoms with Crippen molar-refractivity contribution in [2.24, 2.45) is 5.73 Å². The monoisotopic (exact) mass is 213 g/mol. The van der Waals surface area contributed by atoms with Crippen LogP contribution < -0.4 is 10.5 Å². The van der Waals surface area contributed by atoms with Crippen LogP contribution in [0.5, 0.6) is 5.75 Å². The van der Waals surface area contributed by atoms with Crippen molar-refractivity contribution >= 4 is 11.6 Å². The summed E-state index contributed by atoms with van der Waals surface area (Å²) in [5.41, 5.74) is 7.00. The molecule has 3 heteroatoms. The maximum absolute atomic E-state index is 6.01. The molecule has 0 aromatic heterocycles. The van der Waals surface area contributed by atoms with E-state index in [4.69, 9.17) is 22.1 Å². The van der Waals surface area contributed by atoms with Crippen LogP contribution in [0.4, 0.5) is 0 Å². The van der Waals surface area contributed by atoms with Gasteiger partial charge in [-0.05, 0) is 24.6 Å². The number of nitrogens with two attached hydrogens (primary N) is 1. The van der Waals surface area contributed by atoms with Gasteiger partial charge in [-0.15, -0.1) is 0 Å². The normalized spacial score (nSPS) is 12.6. The molecule has 0 heterocycles. The van der Waals surface area contributed by atoms with Gasteiger partial charge in [0.2, 0.25) is 0 Å². The summed E-state index contributed by atoms with van der Waals surface area (Å²) in [4.78, 5) is 0. The summed E-state index contributed by atoms with van der Waals surface area (Å²) in [7, 11) is 1.64. The molecule has 0 saturated carbocycles. The Balaban J connectivity index is 2.97. The highest BCUT2D eigenvalue weighted by Crippen LogP contribution is 2.29. The Morgan fingerprint density at radius 1 is 1.50 bits per heavy atom. The fourth-order valence-corrected chi connectivity index (χ4v) is 1.64. The Bertz CT molecular complexity index is 301. The van der Waals surface area contributed by atoms with Gasteiger partial charge in [-0.2, -0.15) is 0 Å². The fourth-order valence-electron chi connectivity index (χ4n) is 1.46. The average Bonchev–Trinajstić information content (AvgIpc) is 2.18. The fraction of sp³-hybridized carbons (Fsp3) is 0.455. The Labute approximate surface area is 90.0 Å². The van der Waals surface area contributed by atoms with Crippen molar-refractivity contribution in [3.8, 4) is 5.75 Å². The zero-order chi connectivity index (χ0) is 10.6. The smallest absolute Gasteiger partial charge is 0.123 e. The van der Waals surface area contributed by atoms with Crippen LogP contribution in [0.3, 0.4) is 0 Å². The standard InChI is InChI=1S/C11H16ClNO/c1-3-4-10(13)9-7-8(12)5-6-11(9)14-2/h5-7,10H,3-4,13H2,1-2H3/t10-/m1/s1. The topological polar surface area (TPSA) is 35.2 Å². The molecule has 1 rings (SSSR count). The molecule has 0 radical (unpaired) electrons. The van der Waals surface area contributed by atoms with Gasteiger partial charge in [0, 0.05) is 16.6 Å². The molecule has 0 aliphatic heterocycles. The van der Waals surface area contributed by atoms with Gasteiger partial charge in [-0.25, -0.2) is 0 Å². The zero-order valence-corrected chi connectivity index (χ0v) is 9.34. The lowest BCUT2D eigenvalue weighted by Gasteiger charge is -2.15. The predicted octanol–water partition coefficient (Wildman–Crippen LogP) is 3.15. The molecule has 78 valence electrons. The van der Waals surface area contributed by atoms with Crippen LogP contribution in [-0.4, -0.2) is 7.11 Å². The first-order valence-electron chi connectivity index (χ1n) is 4.78. The number of rotatable bonds is 4. The van der Waals surface area contributed by atoms with Crippen LogP contribution in [0, 0.1) is 0 Å². The van der Waals surface area contributed by atoms with E-state index < -0.39 is 0 Å². The molecule has 0 aliphatic rings. The number of hydrogen-bond donors (Lipinski definition) is 1. The van der Waals surface area contributed by atoms with Crippen molar-refractivity contribution in [2.45, 2.75) is 25.8 Å². The molecular weight excluding hydrogens is 198 g/mol. The maximum Gasteiger partial charge on any atom is 0.123 e. The number of benzene rings is 1. The van der Waals surface area contributed by atoms with Crippen molar-refractivity contribution < 1.29 is 4.74 Å². The average molecular weight is 214 g/mol. The summed E-state index contributed by atoms with van der Waals surface area (Å²) in [5.74, 6) is 0.815. The highest BCUT2D eigenvalue weighted by molar-refractivity contribution is 6.30. The van der Waals surface area contributed by atoms with Gasteiger partial charge in [0.1, 0.15) is 5.75 Å². The van der Waals surface area contributed by atoms with Crippen molar-refractivity contribution in [2.75, 3.05) is 7.11 Å². The molecule has 1 aromatic carbocycles. The summed E-state index contributed by atoms with van der Waals surface area (Å²) < 4.78 is 5.23. The molecule has 2 N–H and O–H groups in total. The second-order valence-corrected chi connectivity index (χ2v) is 3.72. The first kappa shape index (κ1) is 11.3. The van der Waals surface area contributed by atoms with Crippen LogP contribution in [-0.2, 0) is 0 Å². The zero-order valence-electron chi connectivity index (χ0n) is 8.59. The second-order valence-electron chi connectivity index (χ2n) is 3.28. The van der Waals surface area contributed by atoms with Gasteiger partial charge in [0.15, 0.2) is 0 Å². The van der Waals surface area contributed by atoms with Gasteiger partial charge in [0.05, 0.1) is 7.11 Å². The van der Waals surface area contributed by atoms with Crippen molar-refractivity contribution in [3.63, 3.8) is 0 Å². The third-order valence-electron chi connectivity index (χ3n) is 2.19. The molecule has 0 saturated heterocycles. The Hall–Kier alpha value is -0.730. The lowest BCUT2D eigenvalue weighted by Crippen LogP contribution is -2.11. The van der Waals surface area contributed by atoms with E-state index in [0.717, 1.165) is 24.2 Å². The third-order valence-corrected chi connectivity index (χ3v) is 2.43. The van der Waals surface area contributed by atoms with Gasteiger partial charge < -0.3 is 10.5 Å². The van der Waals surface area contributed by atoms with Crippen molar-refractivity contribution in [1.29, 1.82) is 0 Å². The Morgan fingerprint density at radius 3 is 2.79 bits per heavy atom. The molecule has 0 fully saturated rings. The van der Waals surface area contributed by atoms with E-state index in [0.29, 0.717) is 5.02 Å². The van der Waals surface area contributed by atoms with Crippen LogP contribution in [0.25, 0.3) is 0 Å². The van der Waals surface area contributed by atoms with Crippen LogP contribution in [0.1, 0.15) is 31.4 Å². The van der Waals surface area contributed by atoms with E-state index in [1.165, 1.54) is 0 Å². The molecule has 0 spiro atoms. The summed E-state index contributed by atoms with van der Waals surface area (Å²) >= 11 is 5.91. The van der Waals surface area contributed by atoms with E-state index in [-0.39, 0.29) is 6.04 Å². The number of ether oxygens (including phenoxy) is 1. The van der Waals surface area contributed by atoms with Crippen LogP contribution >= 0.6 is 11.6 Å². The van der Waals surface area contributed by atoms with Crippen LogP contribution in [0.15, 0.2) is 18.2 Å². The molecule has 0 aliphatic carbocycles. The Morgan fingerprint density at radius 2 is 2.21 bits per heavy atom. The molecular formula is C11H16ClNO. The molecule has 1 aromatic rings. The van der Waals surface area contributed by atoms with Crippen LogP contribution in [0.2, 0.25) is 5.02 Å². The van der Waals surface area contributed by atoms with E-state index in [2.05, 4.69) is 6.92 Å². The summed E-state index contributed by atoms with van der Waals surface area (Å²) in [6, 6.07) is 5.55. The molecule has 0 unspecified atom stereocenters. The number of methoxy groups -OCH3 is 1. The molecule has 0 amide bonds. The molecule has 2 nitrogen and oxygen atoms in total. The van der Waals surface area contributed by atoms with Crippen molar-refractivity contribution in [1.82, 2.24) is 0 Å². The third kappa shape index (κ3) is 2.63. The Kier molecular flexibility index (Phi) is 4.23. The number of hydrogen-bond acceptors (Lipinski definition) is 2. The SMILES string of the molecule is CCC[C@@H](N)c1cc(Cl)ccc1OC. The van der Waals surface area contributed by atoms with Crippen molar-refractivity contribution in [3.05, 3.63) is 28.8 Å². The highest BCUT2D eigenvalue weighted by Gasteiger charge is 2.11. The van der Waals surface area contributed by atoms with Gasteiger partial charge in [-0.3, -0.25) is 0 Å². The minimum absolute atomic E-state index is 0.00801. The van der Waals surface area contributed by atoms with E-state index in [9.17, 15) is 0 Å². The van der Waals surface area contributed by atoms with E-state index >= 15 is 0 Å². The first-order chi connectivity index (χ1) is 6.69. The molecule has 1 atom stereocenters. The summed E-state index contributed by atoms with van der Waals surface area (Å²) in [6.45, 7) is 2.11. The van der Waals surface area contributed by atoms with E-state index in [1.807, 2.05) is 18.2 Å². The molecule has 14 heavy (non-hydrogen) atoms. The minimum Gasteiger partial charge on any atom is -0.496 e. The maximum atomic E-state index is 6.01. The lowest BCUT2D eigenvalue weighted by molar-refractivity contribution is 0.404. The highest BCUT2D eigenvalue weighted by atomic mass is 35.5.